The molecule has 0 bridgehead atoms. The Kier molecular flexibility index (Phi) is 8.18. The second kappa shape index (κ2) is 11.1. The van der Waals surface area contributed by atoms with E-state index in [4.69, 9.17) is 9.52 Å². The van der Waals surface area contributed by atoms with Gasteiger partial charge in [-0.3, -0.25) is 19.2 Å². The summed E-state index contributed by atoms with van der Waals surface area (Å²) in [6.45, 7) is -0.952. The van der Waals surface area contributed by atoms with E-state index in [1.54, 1.807) is 12.1 Å². The lowest BCUT2D eigenvalue weighted by atomic mass is 10.1. The van der Waals surface area contributed by atoms with E-state index >= 15 is 0 Å². The van der Waals surface area contributed by atoms with Crippen molar-refractivity contribution in [3.05, 3.63) is 66.1 Å². The molecular formula is C20H21N3O6. The summed E-state index contributed by atoms with van der Waals surface area (Å²) in [7, 11) is 0. The summed E-state index contributed by atoms with van der Waals surface area (Å²) >= 11 is 0. The SMILES string of the molecule is O=C(O)CNC(=O)CNC(=O)C(Cc1ccccc1)NC(=O)/C=C\c1ccco1. The number of carbonyl (C=O) groups excluding carboxylic acids is 3. The number of carboxylic acids is 1. The van der Waals surface area contributed by atoms with Crippen LogP contribution in [0.25, 0.3) is 6.08 Å². The summed E-state index contributed by atoms with van der Waals surface area (Å²) in [5, 5.41) is 15.7. The first-order chi connectivity index (χ1) is 13.9. The van der Waals surface area contributed by atoms with Crippen molar-refractivity contribution in [2.45, 2.75) is 12.5 Å². The summed E-state index contributed by atoms with van der Waals surface area (Å²) in [4.78, 5) is 46.7. The van der Waals surface area contributed by atoms with Gasteiger partial charge in [0.25, 0.3) is 0 Å². The highest BCUT2D eigenvalue weighted by molar-refractivity contribution is 5.96. The summed E-state index contributed by atoms with van der Waals surface area (Å²) in [6, 6.07) is 11.5. The average molecular weight is 399 g/mol. The lowest BCUT2D eigenvalue weighted by Gasteiger charge is -2.17. The molecule has 0 aliphatic heterocycles. The number of amides is 3. The molecule has 0 aliphatic rings. The smallest absolute Gasteiger partial charge is 0.322 e. The minimum atomic E-state index is -1.19. The molecule has 2 rings (SSSR count). The van der Waals surface area contributed by atoms with Gasteiger partial charge in [-0.15, -0.1) is 0 Å². The van der Waals surface area contributed by atoms with Crippen molar-refractivity contribution >= 4 is 29.8 Å². The van der Waals surface area contributed by atoms with Crippen molar-refractivity contribution in [2.75, 3.05) is 13.1 Å². The third-order valence-electron chi connectivity index (χ3n) is 3.72. The number of aliphatic carboxylic acids is 1. The van der Waals surface area contributed by atoms with Gasteiger partial charge in [-0.2, -0.15) is 0 Å². The molecule has 0 radical (unpaired) electrons. The molecule has 0 aliphatic carbocycles. The van der Waals surface area contributed by atoms with Crippen LogP contribution in [0.2, 0.25) is 0 Å². The van der Waals surface area contributed by atoms with Crippen LogP contribution in [0.3, 0.4) is 0 Å². The number of benzene rings is 1. The van der Waals surface area contributed by atoms with Crippen LogP contribution in [0, 0.1) is 0 Å². The Morgan fingerprint density at radius 2 is 1.76 bits per heavy atom. The molecule has 0 saturated heterocycles. The zero-order valence-electron chi connectivity index (χ0n) is 15.5. The number of carboxylic acid groups (broad SMARTS) is 1. The van der Waals surface area contributed by atoms with Gasteiger partial charge in [-0.05, 0) is 23.8 Å². The van der Waals surface area contributed by atoms with E-state index < -0.39 is 42.8 Å². The molecule has 152 valence electrons. The predicted molar refractivity (Wildman–Crippen MR) is 103 cm³/mol. The third kappa shape index (κ3) is 8.12. The summed E-state index contributed by atoms with van der Waals surface area (Å²) in [5.74, 6) is -2.43. The Bertz CT molecular complexity index is 862. The quantitative estimate of drug-likeness (QED) is 0.425. The fourth-order valence-electron chi connectivity index (χ4n) is 2.35. The molecule has 1 heterocycles. The Hall–Kier alpha value is -3.88. The number of carbonyl (C=O) groups is 4. The van der Waals surface area contributed by atoms with Crippen molar-refractivity contribution in [1.29, 1.82) is 0 Å². The van der Waals surface area contributed by atoms with Crippen LogP contribution in [-0.2, 0) is 25.6 Å². The van der Waals surface area contributed by atoms with Crippen molar-refractivity contribution in [3.63, 3.8) is 0 Å². The topological polar surface area (TPSA) is 138 Å². The molecule has 0 fully saturated rings. The molecule has 4 N–H and O–H groups in total. The molecule has 1 atom stereocenters. The number of hydrogen-bond donors (Lipinski definition) is 4. The maximum absolute atomic E-state index is 12.5. The maximum Gasteiger partial charge on any atom is 0.322 e. The van der Waals surface area contributed by atoms with E-state index in [0.29, 0.717) is 5.76 Å². The first-order valence-electron chi connectivity index (χ1n) is 8.76. The Balaban J connectivity index is 1.97. The van der Waals surface area contributed by atoms with Crippen molar-refractivity contribution in [1.82, 2.24) is 16.0 Å². The lowest BCUT2D eigenvalue weighted by Crippen LogP contribution is -2.50. The second-order valence-electron chi connectivity index (χ2n) is 5.99. The van der Waals surface area contributed by atoms with E-state index in [2.05, 4.69) is 16.0 Å². The Morgan fingerprint density at radius 1 is 1.00 bits per heavy atom. The second-order valence-corrected chi connectivity index (χ2v) is 5.99. The zero-order valence-corrected chi connectivity index (χ0v) is 15.5. The van der Waals surface area contributed by atoms with Gasteiger partial charge in [-0.25, -0.2) is 0 Å². The molecule has 9 nitrogen and oxygen atoms in total. The van der Waals surface area contributed by atoms with Crippen LogP contribution >= 0.6 is 0 Å². The number of hydrogen-bond acceptors (Lipinski definition) is 5. The normalized spacial score (nSPS) is 11.6. The van der Waals surface area contributed by atoms with E-state index in [-0.39, 0.29) is 6.42 Å². The minimum absolute atomic E-state index is 0.212. The molecule has 3 amide bonds. The largest absolute Gasteiger partial charge is 0.480 e. The van der Waals surface area contributed by atoms with Gasteiger partial charge in [0.05, 0.1) is 12.8 Å². The van der Waals surface area contributed by atoms with Gasteiger partial charge in [0.2, 0.25) is 17.7 Å². The molecule has 2 aromatic rings. The van der Waals surface area contributed by atoms with E-state index in [0.717, 1.165) is 5.56 Å². The van der Waals surface area contributed by atoms with Crippen LogP contribution in [0.4, 0.5) is 0 Å². The van der Waals surface area contributed by atoms with Crippen LogP contribution < -0.4 is 16.0 Å². The molecule has 9 heteroatoms. The zero-order chi connectivity index (χ0) is 21.1. The van der Waals surface area contributed by atoms with Gasteiger partial charge in [-0.1, -0.05) is 30.3 Å². The van der Waals surface area contributed by atoms with Gasteiger partial charge >= 0.3 is 5.97 Å². The molecule has 1 aromatic heterocycles. The number of furan rings is 1. The molecule has 0 saturated carbocycles. The first kappa shape index (κ1) is 21.4. The van der Waals surface area contributed by atoms with Crippen molar-refractivity contribution < 1.29 is 28.7 Å². The van der Waals surface area contributed by atoms with Gasteiger partial charge in [0.15, 0.2) is 0 Å². The van der Waals surface area contributed by atoms with Gasteiger partial charge in [0.1, 0.15) is 18.3 Å². The fourth-order valence-corrected chi connectivity index (χ4v) is 2.35. The van der Waals surface area contributed by atoms with E-state index in [9.17, 15) is 19.2 Å². The first-order valence-corrected chi connectivity index (χ1v) is 8.76. The Labute approximate surface area is 166 Å². The molecule has 0 spiro atoms. The van der Waals surface area contributed by atoms with E-state index in [1.165, 1.54) is 18.4 Å². The molecular weight excluding hydrogens is 378 g/mol. The average Bonchev–Trinajstić information content (AvgIpc) is 3.23. The highest BCUT2D eigenvalue weighted by Crippen LogP contribution is 2.05. The summed E-state index contributed by atoms with van der Waals surface area (Å²) in [5.41, 5.74) is 0.818. The lowest BCUT2D eigenvalue weighted by molar-refractivity contribution is -0.137. The fraction of sp³-hybridized carbons (Fsp3) is 0.200. The highest BCUT2D eigenvalue weighted by atomic mass is 16.4. The van der Waals surface area contributed by atoms with Gasteiger partial charge < -0.3 is 25.5 Å². The van der Waals surface area contributed by atoms with E-state index in [1.807, 2.05) is 30.3 Å². The van der Waals surface area contributed by atoms with Crippen LogP contribution in [-0.4, -0.2) is 47.9 Å². The summed E-state index contributed by atoms with van der Waals surface area (Å²) in [6.07, 6.45) is 4.39. The minimum Gasteiger partial charge on any atom is -0.480 e. The van der Waals surface area contributed by atoms with Crippen LogP contribution in [0.15, 0.2) is 59.2 Å². The summed E-state index contributed by atoms with van der Waals surface area (Å²) < 4.78 is 5.10. The molecule has 1 aromatic carbocycles. The monoisotopic (exact) mass is 399 g/mol. The highest BCUT2D eigenvalue weighted by Gasteiger charge is 2.21. The van der Waals surface area contributed by atoms with Crippen LogP contribution in [0.1, 0.15) is 11.3 Å². The predicted octanol–water partition coefficient (Wildman–Crippen LogP) is 0.337. The third-order valence-corrected chi connectivity index (χ3v) is 3.72. The molecule has 29 heavy (non-hydrogen) atoms. The standard InChI is InChI=1S/C20H21N3O6/c24-17(9-8-15-7-4-10-29-15)23-16(11-14-5-2-1-3-6-14)20(28)22-12-18(25)21-13-19(26)27/h1-10,16H,11-13H2,(H,21,25)(H,22,28)(H,23,24)(H,26,27)/b9-8-. The number of rotatable bonds is 10. The van der Waals surface area contributed by atoms with Crippen LogP contribution in [0.5, 0.6) is 0 Å². The van der Waals surface area contributed by atoms with Crippen molar-refractivity contribution in [2.24, 2.45) is 0 Å². The molecule has 1 unspecified atom stereocenters. The number of nitrogens with one attached hydrogen (secondary N) is 3. The maximum atomic E-state index is 12.5. The van der Waals surface area contributed by atoms with Gasteiger partial charge in [0, 0.05) is 12.5 Å². The van der Waals surface area contributed by atoms with Crippen molar-refractivity contribution in [3.8, 4) is 0 Å². The Morgan fingerprint density at radius 3 is 2.41 bits per heavy atom.